The van der Waals surface area contributed by atoms with E-state index >= 15 is 0 Å². The van der Waals surface area contributed by atoms with Gasteiger partial charge in [0, 0.05) is 15.1 Å². The van der Waals surface area contributed by atoms with E-state index in [1.54, 1.807) is 30.0 Å². The van der Waals surface area contributed by atoms with E-state index in [0.29, 0.717) is 5.69 Å². The highest BCUT2D eigenvalue weighted by molar-refractivity contribution is 9.10. The van der Waals surface area contributed by atoms with E-state index in [4.69, 9.17) is 0 Å². The first-order valence-corrected chi connectivity index (χ1v) is 12.9. The summed E-state index contributed by atoms with van der Waals surface area (Å²) in [5.41, 5.74) is -0.117. The van der Waals surface area contributed by atoms with E-state index in [2.05, 4.69) is 31.2 Å². The zero-order valence-corrected chi connectivity index (χ0v) is 19.6. The second-order valence-electron chi connectivity index (χ2n) is 5.91. The highest BCUT2D eigenvalue weighted by Crippen LogP contribution is 2.22. The zero-order chi connectivity index (χ0) is 21.7. The molecule has 156 valence electrons. The molecule has 3 aromatic rings. The molecule has 0 saturated carbocycles. The number of anilines is 1. The molecule has 30 heavy (non-hydrogen) atoms. The number of carbonyl (C=O) groups is 1. The number of thioether (sulfide) groups is 2. The van der Waals surface area contributed by atoms with Crippen molar-refractivity contribution in [3.63, 3.8) is 0 Å². The molecule has 0 aliphatic heterocycles. The summed E-state index contributed by atoms with van der Waals surface area (Å²) >= 11 is 5.81. The van der Waals surface area contributed by atoms with Crippen LogP contribution < -0.4 is 10.9 Å². The Labute approximate surface area is 190 Å². The Morgan fingerprint density at radius 1 is 1.20 bits per heavy atom. The summed E-state index contributed by atoms with van der Waals surface area (Å²) in [5.74, 6) is -0.266. The third-order valence-electron chi connectivity index (χ3n) is 3.85. The molecule has 0 atom stereocenters. The van der Waals surface area contributed by atoms with Crippen LogP contribution in [-0.4, -0.2) is 36.3 Å². The van der Waals surface area contributed by atoms with E-state index in [1.807, 2.05) is 24.5 Å². The lowest BCUT2D eigenvalue weighted by atomic mass is 10.3. The summed E-state index contributed by atoms with van der Waals surface area (Å²) in [5, 5.41) is 2.93. The maximum absolute atomic E-state index is 12.7. The van der Waals surface area contributed by atoms with Crippen LogP contribution in [0.3, 0.4) is 0 Å². The molecule has 2 N–H and O–H groups in total. The Balaban J connectivity index is 1.68. The number of hydrogen-bond donors (Lipinski definition) is 2. The quantitative estimate of drug-likeness (QED) is 0.356. The van der Waals surface area contributed by atoms with Gasteiger partial charge >= 0.3 is 0 Å². The largest absolute Gasteiger partial charge is 0.325 e. The monoisotopic (exact) mass is 525 g/mol. The van der Waals surface area contributed by atoms with Crippen molar-refractivity contribution in [1.82, 2.24) is 9.97 Å². The average molecular weight is 526 g/mol. The summed E-state index contributed by atoms with van der Waals surface area (Å²) in [6.07, 6.45) is 2.96. The minimum atomic E-state index is -4.00. The molecule has 1 amide bonds. The fourth-order valence-electron chi connectivity index (χ4n) is 2.40. The molecule has 0 saturated heterocycles. The molecule has 2 aromatic carbocycles. The SMILES string of the molecule is CSc1cccc(NC(=O)CSc2ncc(S(=O)(=O)c3ccc(Br)cc3)c(=O)[nH]2)c1. The van der Waals surface area contributed by atoms with Gasteiger partial charge in [0.25, 0.3) is 5.56 Å². The van der Waals surface area contributed by atoms with E-state index < -0.39 is 20.3 Å². The molecule has 0 fully saturated rings. The predicted octanol–water partition coefficient (Wildman–Crippen LogP) is 3.82. The van der Waals surface area contributed by atoms with E-state index in [0.717, 1.165) is 27.3 Å². The number of benzene rings is 2. The molecule has 0 spiro atoms. The summed E-state index contributed by atoms with van der Waals surface area (Å²) in [4.78, 5) is 31.5. The summed E-state index contributed by atoms with van der Waals surface area (Å²) in [7, 11) is -4.00. The smallest absolute Gasteiger partial charge is 0.270 e. The standard InChI is InChI=1S/C19H16BrN3O4S3/c1-28-14-4-2-3-13(9-14)22-17(24)11-29-19-21-10-16(18(25)23-19)30(26,27)15-7-5-12(20)6-8-15/h2-10H,11H2,1H3,(H,22,24)(H,21,23,25). The van der Waals surface area contributed by atoms with Gasteiger partial charge in [-0.1, -0.05) is 33.8 Å². The van der Waals surface area contributed by atoms with Crippen molar-refractivity contribution in [3.05, 3.63) is 69.6 Å². The molecular weight excluding hydrogens is 510 g/mol. The Bertz CT molecular complexity index is 1230. The molecule has 0 aliphatic rings. The topological polar surface area (TPSA) is 109 Å². The number of rotatable bonds is 7. The lowest BCUT2D eigenvalue weighted by Crippen LogP contribution is -2.20. The van der Waals surface area contributed by atoms with Crippen molar-refractivity contribution in [1.29, 1.82) is 0 Å². The molecule has 3 rings (SSSR count). The number of hydrogen-bond acceptors (Lipinski definition) is 7. The summed E-state index contributed by atoms with van der Waals surface area (Å²) in [6, 6.07) is 13.4. The lowest BCUT2D eigenvalue weighted by Gasteiger charge is -2.07. The van der Waals surface area contributed by atoms with Crippen LogP contribution in [0.5, 0.6) is 0 Å². The number of nitrogens with one attached hydrogen (secondary N) is 2. The number of carbonyl (C=O) groups excluding carboxylic acids is 1. The van der Waals surface area contributed by atoms with E-state index in [9.17, 15) is 18.0 Å². The number of H-pyrrole nitrogens is 1. The van der Waals surface area contributed by atoms with Crippen molar-refractivity contribution < 1.29 is 13.2 Å². The molecule has 0 bridgehead atoms. The molecule has 0 radical (unpaired) electrons. The van der Waals surface area contributed by atoms with Crippen molar-refractivity contribution >= 4 is 60.9 Å². The van der Waals surface area contributed by atoms with Gasteiger partial charge in [-0.3, -0.25) is 9.59 Å². The maximum Gasteiger partial charge on any atom is 0.270 e. The molecule has 11 heteroatoms. The van der Waals surface area contributed by atoms with Crippen LogP contribution in [0.4, 0.5) is 5.69 Å². The highest BCUT2D eigenvalue weighted by Gasteiger charge is 2.22. The van der Waals surface area contributed by atoms with Crippen molar-refractivity contribution in [2.45, 2.75) is 19.8 Å². The van der Waals surface area contributed by atoms with Crippen molar-refractivity contribution in [2.75, 3.05) is 17.3 Å². The number of aromatic nitrogens is 2. The second kappa shape index (κ2) is 9.82. The average Bonchev–Trinajstić information content (AvgIpc) is 2.72. The first kappa shape index (κ1) is 22.6. The molecule has 7 nitrogen and oxygen atoms in total. The van der Waals surface area contributed by atoms with Gasteiger partial charge in [-0.15, -0.1) is 11.8 Å². The van der Waals surface area contributed by atoms with Gasteiger partial charge in [0.2, 0.25) is 15.7 Å². The first-order valence-electron chi connectivity index (χ1n) is 8.46. The normalized spacial score (nSPS) is 11.3. The van der Waals surface area contributed by atoms with Crippen LogP contribution >= 0.6 is 39.5 Å². The minimum Gasteiger partial charge on any atom is -0.325 e. The zero-order valence-electron chi connectivity index (χ0n) is 15.6. The minimum absolute atomic E-state index is 0.00520. The summed E-state index contributed by atoms with van der Waals surface area (Å²) < 4.78 is 26.0. The van der Waals surface area contributed by atoms with Crippen LogP contribution in [0, 0.1) is 0 Å². The third kappa shape index (κ3) is 5.54. The number of sulfone groups is 1. The van der Waals surface area contributed by atoms with E-state index in [-0.39, 0.29) is 21.7 Å². The maximum atomic E-state index is 12.7. The molecule has 0 aliphatic carbocycles. The Morgan fingerprint density at radius 3 is 2.60 bits per heavy atom. The van der Waals surface area contributed by atoms with Gasteiger partial charge in [-0.25, -0.2) is 13.4 Å². The van der Waals surface area contributed by atoms with Crippen molar-refractivity contribution in [2.24, 2.45) is 0 Å². The molecule has 1 heterocycles. The van der Waals surface area contributed by atoms with Crippen LogP contribution in [0.25, 0.3) is 0 Å². The van der Waals surface area contributed by atoms with Crippen LogP contribution in [-0.2, 0) is 14.6 Å². The van der Waals surface area contributed by atoms with Gasteiger partial charge < -0.3 is 10.3 Å². The van der Waals surface area contributed by atoms with Crippen LogP contribution in [0.2, 0.25) is 0 Å². The van der Waals surface area contributed by atoms with Gasteiger partial charge in [0.1, 0.15) is 0 Å². The molecular formula is C19H16BrN3O4S3. The van der Waals surface area contributed by atoms with Gasteiger partial charge in [0.15, 0.2) is 10.1 Å². The Morgan fingerprint density at radius 2 is 1.93 bits per heavy atom. The third-order valence-corrected chi connectivity index (χ3v) is 7.75. The fourth-order valence-corrected chi connectivity index (χ4v) is 4.99. The van der Waals surface area contributed by atoms with E-state index in [1.165, 1.54) is 12.1 Å². The number of amides is 1. The second-order valence-corrected chi connectivity index (χ2v) is 10.6. The highest BCUT2D eigenvalue weighted by atomic mass is 79.9. The lowest BCUT2D eigenvalue weighted by molar-refractivity contribution is -0.113. The number of nitrogens with zero attached hydrogens (tertiary/aromatic N) is 1. The first-order chi connectivity index (χ1) is 14.3. The molecule has 0 unspecified atom stereocenters. The number of aromatic amines is 1. The van der Waals surface area contributed by atoms with Crippen molar-refractivity contribution in [3.8, 4) is 0 Å². The van der Waals surface area contributed by atoms with Gasteiger partial charge in [-0.05, 0) is 48.7 Å². The van der Waals surface area contributed by atoms with Crippen LogP contribution in [0.15, 0.2) is 83.8 Å². The fraction of sp³-hybridized carbons (Fsp3) is 0.105. The Kier molecular flexibility index (Phi) is 7.40. The molecule has 1 aromatic heterocycles. The summed E-state index contributed by atoms with van der Waals surface area (Å²) in [6.45, 7) is 0. The Hall–Kier alpha value is -2.08. The number of halogens is 1. The predicted molar refractivity (Wildman–Crippen MR) is 122 cm³/mol. The van der Waals surface area contributed by atoms with Gasteiger partial charge in [0.05, 0.1) is 16.8 Å². The van der Waals surface area contributed by atoms with Gasteiger partial charge in [-0.2, -0.15) is 0 Å². The van der Waals surface area contributed by atoms with Crippen LogP contribution in [0.1, 0.15) is 0 Å².